The van der Waals surface area contributed by atoms with Crippen molar-refractivity contribution in [3.05, 3.63) is 0 Å². The molecular weight excluding hydrogens is 209 g/mol. The van der Waals surface area contributed by atoms with E-state index in [2.05, 4.69) is 10.6 Å². The van der Waals surface area contributed by atoms with Crippen molar-refractivity contribution >= 4 is 5.91 Å². The number of carbonyl (C=O) groups excluding carboxylic acids is 1. The minimum atomic E-state index is -4.41. The Kier molecular flexibility index (Phi) is 4.38. The Balaban J connectivity index is 2.06. The maximum absolute atomic E-state index is 11.8. The summed E-state index contributed by atoms with van der Waals surface area (Å²) in [4.78, 5) is 10.8. The third-order valence-electron chi connectivity index (χ3n) is 2.34. The summed E-state index contributed by atoms with van der Waals surface area (Å²) in [6, 6.07) is 0.344. The summed E-state index contributed by atoms with van der Waals surface area (Å²) < 4.78 is 35.3. The van der Waals surface area contributed by atoms with Gasteiger partial charge in [-0.15, -0.1) is 0 Å². The highest BCUT2D eigenvalue weighted by atomic mass is 19.4. The SMILES string of the molecule is O=C(CC(F)(F)F)NCC[C@H]1CCCN1. The maximum atomic E-state index is 11.8. The molecule has 2 N–H and O–H groups in total. The van der Waals surface area contributed by atoms with Crippen LogP contribution in [0.15, 0.2) is 0 Å². The zero-order chi connectivity index (χ0) is 11.3. The maximum Gasteiger partial charge on any atom is 0.397 e. The number of hydrogen-bond donors (Lipinski definition) is 2. The van der Waals surface area contributed by atoms with E-state index in [1.54, 1.807) is 0 Å². The molecule has 0 unspecified atom stereocenters. The molecule has 0 aromatic carbocycles. The van der Waals surface area contributed by atoms with E-state index >= 15 is 0 Å². The van der Waals surface area contributed by atoms with E-state index < -0.39 is 18.5 Å². The third-order valence-corrected chi connectivity index (χ3v) is 2.34. The van der Waals surface area contributed by atoms with E-state index in [0.29, 0.717) is 19.0 Å². The quantitative estimate of drug-likeness (QED) is 0.753. The van der Waals surface area contributed by atoms with Gasteiger partial charge in [0.05, 0.1) is 0 Å². The van der Waals surface area contributed by atoms with Gasteiger partial charge in [-0.3, -0.25) is 4.79 Å². The third kappa shape index (κ3) is 5.61. The average Bonchev–Trinajstić information content (AvgIpc) is 2.53. The Morgan fingerprint density at radius 3 is 2.73 bits per heavy atom. The van der Waals surface area contributed by atoms with Crippen molar-refractivity contribution in [1.82, 2.24) is 10.6 Å². The Labute approximate surface area is 86.4 Å². The van der Waals surface area contributed by atoms with Gasteiger partial charge in [0.15, 0.2) is 0 Å². The Hall–Kier alpha value is -0.780. The van der Waals surface area contributed by atoms with E-state index in [4.69, 9.17) is 0 Å². The summed E-state index contributed by atoms with van der Waals surface area (Å²) in [6.45, 7) is 1.27. The summed E-state index contributed by atoms with van der Waals surface area (Å²) >= 11 is 0. The molecule has 0 bridgehead atoms. The van der Waals surface area contributed by atoms with Crippen LogP contribution < -0.4 is 10.6 Å². The van der Waals surface area contributed by atoms with Gasteiger partial charge in [-0.05, 0) is 25.8 Å². The summed E-state index contributed by atoms with van der Waals surface area (Å²) in [5.74, 6) is -0.944. The molecule has 88 valence electrons. The number of alkyl halides is 3. The summed E-state index contributed by atoms with van der Waals surface area (Å²) in [7, 11) is 0. The monoisotopic (exact) mass is 224 g/mol. The molecule has 1 amide bonds. The van der Waals surface area contributed by atoms with Crippen molar-refractivity contribution in [3.8, 4) is 0 Å². The molecule has 1 rings (SSSR count). The van der Waals surface area contributed by atoms with Crippen molar-refractivity contribution in [1.29, 1.82) is 0 Å². The lowest BCUT2D eigenvalue weighted by molar-refractivity contribution is -0.153. The normalized spacial score (nSPS) is 21.7. The highest BCUT2D eigenvalue weighted by molar-refractivity contribution is 5.76. The van der Waals surface area contributed by atoms with Gasteiger partial charge in [-0.25, -0.2) is 0 Å². The topological polar surface area (TPSA) is 41.1 Å². The van der Waals surface area contributed by atoms with Gasteiger partial charge in [0.1, 0.15) is 6.42 Å². The summed E-state index contributed by atoms with van der Waals surface area (Å²) in [5, 5.41) is 5.47. The molecule has 3 nitrogen and oxygen atoms in total. The first-order valence-electron chi connectivity index (χ1n) is 5.04. The lowest BCUT2D eigenvalue weighted by Gasteiger charge is -2.11. The lowest BCUT2D eigenvalue weighted by Crippen LogP contribution is -2.32. The van der Waals surface area contributed by atoms with E-state index in [1.807, 2.05) is 0 Å². The van der Waals surface area contributed by atoms with E-state index in [0.717, 1.165) is 19.4 Å². The van der Waals surface area contributed by atoms with Crippen molar-refractivity contribution in [3.63, 3.8) is 0 Å². The lowest BCUT2D eigenvalue weighted by atomic mass is 10.1. The summed E-state index contributed by atoms with van der Waals surface area (Å²) in [5.41, 5.74) is 0. The van der Waals surface area contributed by atoms with E-state index in [-0.39, 0.29) is 0 Å². The molecule has 1 aliphatic heterocycles. The second-order valence-corrected chi connectivity index (χ2v) is 3.72. The second-order valence-electron chi connectivity index (χ2n) is 3.72. The summed E-state index contributed by atoms with van der Waals surface area (Å²) in [6.07, 6.45) is -2.96. The van der Waals surface area contributed by atoms with Crippen molar-refractivity contribution < 1.29 is 18.0 Å². The number of hydrogen-bond acceptors (Lipinski definition) is 2. The molecule has 0 saturated carbocycles. The van der Waals surface area contributed by atoms with Gasteiger partial charge in [-0.1, -0.05) is 0 Å². The average molecular weight is 224 g/mol. The van der Waals surface area contributed by atoms with Gasteiger partial charge in [0.2, 0.25) is 5.91 Å². The molecule has 15 heavy (non-hydrogen) atoms. The van der Waals surface area contributed by atoms with Crippen LogP contribution in [0.25, 0.3) is 0 Å². The number of rotatable bonds is 4. The first-order valence-corrected chi connectivity index (χ1v) is 5.04. The standard InChI is InChI=1S/C9H15F3N2O/c10-9(11,12)6-8(15)14-5-3-7-2-1-4-13-7/h7,13H,1-6H2,(H,14,15)/t7-/m1/s1. The molecule has 6 heteroatoms. The number of amides is 1. The predicted octanol–water partition coefficient (Wildman–Crippen LogP) is 1.20. The zero-order valence-corrected chi connectivity index (χ0v) is 8.36. The fourth-order valence-corrected chi connectivity index (χ4v) is 1.63. The number of halogens is 3. The first-order chi connectivity index (χ1) is 6.97. The van der Waals surface area contributed by atoms with Crippen molar-refractivity contribution in [2.45, 2.75) is 37.9 Å². The van der Waals surface area contributed by atoms with Crippen LogP contribution in [-0.2, 0) is 4.79 Å². The number of carbonyl (C=O) groups is 1. The minimum Gasteiger partial charge on any atom is -0.356 e. The Morgan fingerprint density at radius 1 is 1.47 bits per heavy atom. The van der Waals surface area contributed by atoms with Crippen LogP contribution >= 0.6 is 0 Å². The largest absolute Gasteiger partial charge is 0.397 e. The smallest absolute Gasteiger partial charge is 0.356 e. The minimum absolute atomic E-state index is 0.312. The molecule has 0 aliphatic carbocycles. The van der Waals surface area contributed by atoms with Gasteiger partial charge in [0, 0.05) is 12.6 Å². The molecule has 1 aliphatic rings. The highest BCUT2D eigenvalue weighted by Crippen LogP contribution is 2.18. The van der Waals surface area contributed by atoms with Crippen LogP contribution in [0, 0.1) is 0 Å². The number of nitrogens with one attached hydrogen (secondary N) is 2. The molecule has 0 radical (unpaired) electrons. The molecule has 1 atom stereocenters. The molecular formula is C9H15F3N2O. The first kappa shape index (κ1) is 12.3. The molecule has 1 saturated heterocycles. The predicted molar refractivity (Wildman–Crippen MR) is 49.3 cm³/mol. The molecule has 0 spiro atoms. The van der Waals surface area contributed by atoms with Crippen LogP contribution in [0.2, 0.25) is 0 Å². The molecule has 0 aromatic heterocycles. The van der Waals surface area contributed by atoms with Crippen molar-refractivity contribution in [2.24, 2.45) is 0 Å². The van der Waals surface area contributed by atoms with Gasteiger partial charge >= 0.3 is 6.18 Å². The van der Waals surface area contributed by atoms with Crippen LogP contribution in [0.5, 0.6) is 0 Å². The van der Waals surface area contributed by atoms with Crippen LogP contribution in [0.1, 0.15) is 25.7 Å². The van der Waals surface area contributed by atoms with Gasteiger partial charge < -0.3 is 10.6 Å². The van der Waals surface area contributed by atoms with Gasteiger partial charge in [-0.2, -0.15) is 13.2 Å². The van der Waals surface area contributed by atoms with Crippen LogP contribution in [0.4, 0.5) is 13.2 Å². The Morgan fingerprint density at radius 2 is 2.20 bits per heavy atom. The van der Waals surface area contributed by atoms with Crippen LogP contribution in [0.3, 0.4) is 0 Å². The molecule has 1 fully saturated rings. The molecule has 1 heterocycles. The van der Waals surface area contributed by atoms with Crippen molar-refractivity contribution in [2.75, 3.05) is 13.1 Å². The molecule has 0 aromatic rings. The van der Waals surface area contributed by atoms with Gasteiger partial charge in [0.25, 0.3) is 0 Å². The fourth-order valence-electron chi connectivity index (χ4n) is 1.63. The van der Waals surface area contributed by atoms with E-state index in [9.17, 15) is 18.0 Å². The Bertz CT molecular complexity index is 212. The highest BCUT2D eigenvalue weighted by Gasteiger charge is 2.30. The fraction of sp³-hybridized carbons (Fsp3) is 0.889. The van der Waals surface area contributed by atoms with E-state index in [1.165, 1.54) is 0 Å². The van der Waals surface area contributed by atoms with Crippen LogP contribution in [-0.4, -0.2) is 31.2 Å². The second kappa shape index (κ2) is 5.34. The zero-order valence-electron chi connectivity index (χ0n) is 8.36.